The second-order valence-electron chi connectivity index (χ2n) is 8.44. The van der Waals surface area contributed by atoms with Crippen molar-refractivity contribution >= 4 is 46.8 Å². The number of methoxy groups -OCH3 is 2. The maximum Gasteiger partial charge on any atom is 0.270 e. The molecule has 4 rings (SSSR count). The van der Waals surface area contributed by atoms with Gasteiger partial charge in [-0.3, -0.25) is 14.4 Å². The summed E-state index contributed by atoms with van der Waals surface area (Å²) >= 11 is 6.88. The number of ether oxygens (including phenoxy) is 2. The number of anilines is 1. The Morgan fingerprint density at radius 3 is 2.41 bits per heavy atom. The number of carbonyl (C=O) groups is 2. The van der Waals surface area contributed by atoms with E-state index in [0.29, 0.717) is 33.3 Å². The van der Waals surface area contributed by atoms with Gasteiger partial charge in [0, 0.05) is 21.8 Å². The summed E-state index contributed by atoms with van der Waals surface area (Å²) in [5.41, 5.74) is 1.66. The number of aromatic amines is 1. The molecule has 0 atom stereocenters. The van der Waals surface area contributed by atoms with E-state index < -0.39 is 5.56 Å². The van der Waals surface area contributed by atoms with E-state index in [1.807, 2.05) is 18.2 Å². The van der Waals surface area contributed by atoms with E-state index in [-0.39, 0.29) is 33.9 Å². The van der Waals surface area contributed by atoms with Gasteiger partial charge in [-0.25, -0.2) is 4.98 Å². The van der Waals surface area contributed by atoms with Crippen molar-refractivity contribution in [1.82, 2.24) is 9.97 Å². The van der Waals surface area contributed by atoms with E-state index in [2.05, 4.69) is 15.3 Å². The maximum atomic E-state index is 12.6. The molecule has 0 radical (unpaired) electrons. The second-order valence-corrected chi connectivity index (χ2v) is 9.84. The first-order valence-electron chi connectivity index (χ1n) is 12.1. The third-order valence-corrected chi connectivity index (χ3v) is 6.88. The van der Waals surface area contributed by atoms with Crippen molar-refractivity contribution in [2.45, 2.75) is 5.16 Å². The van der Waals surface area contributed by atoms with E-state index in [9.17, 15) is 19.6 Å². The number of thioether (sulfide) groups is 1. The number of nitrogens with one attached hydrogen (secondary N) is 2. The van der Waals surface area contributed by atoms with Gasteiger partial charge in [0.1, 0.15) is 11.6 Å². The van der Waals surface area contributed by atoms with Gasteiger partial charge in [0.05, 0.1) is 25.7 Å². The van der Waals surface area contributed by atoms with E-state index in [1.54, 1.807) is 60.7 Å². The summed E-state index contributed by atoms with van der Waals surface area (Å²) in [6, 6.07) is 20.4. The van der Waals surface area contributed by atoms with E-state index in [0.717, 1.165) is 17.3 Å². The predicted molar refractivity (Wildman–Crippen MR) is 159 cm³/mol. The van der Waals surface area contributed by atoms with Crippen LogP contribution in [0.25, 0.3) is 17.3 Å². The van der Waals surface area contributed by atoms with E-state index in [1.165, 1.54) is 20.3 Å². The van der Waals surface area contributed by atoms with Crippen molar-refractivity contribution in [1.29, 1.82) is 5.26 Å². The SMILES string of the molecule is COc1ccc(-c2nc(SCC(=O)Nc3ccc(C(=O)/C=C/c4ccc(Cl)cc4)cc3)[nH]c(=O)c2C#N)cc1OC. The predicted octanol–water partition coefficient (Wildman–Crippen LogP) is 5.61. The minimum atomic E-state index is -0.624. The highest BCUT2D eigenvalue weighted by molar-refractivity contribution is 7.99. The Balaban J connectivity index is 1.41. The van der Waals surface area contributed by atoms with Crippen molar-refractivity contribution in [2.24, 2.45) is 0 Å². The zero-order valence-electron chi connectivity index (χ0n) is 21.9. The number of nitrogens with zero attached hydrogens (tertiary/aromatic N) is 2. The largest absolute Gasteiger partial charge is 0.493 e. The zero-order valence-corrected chi connectivity index (χ0v) is 23.5. The van der Waals surface area contributed by atoms with Crippen LogP contribution in [0.2, 0.25) is 5.02 Å². The van der Waals surface area contributed by atoms with Crippen molar-refractivity contribution in [3.8, 4) is 28.8 Å². The number of benzene rings is 3. The lowest BCUT2D eigenvalue weighted by Crippen LogP contribution is -2.17. The Bertz CT molecular complexity index is 1710. The zero-order chi connectivity index (χ0) is 29.4. The monoisotopic (exact) mass is 586 g/mol. The number of ketones is 1. The molecule has 11 heteroatoms. The summed E-state index contributed by atoms with van der Waals surface area (Å²) in [7, 11) is 2.97. The lowest BCUT2D eigenvalue weighted by molar-refractivity contribution is -0.113. The lowest BCUT2D eigenvalue weighted by atomic mass is 10.1. The summed E-state index contributed by atoms with van der Waals surface area (Å²) in [5, 5.41) is 13.1. The average molecular weight is 587 g/mol. The van der Waals surface area contributed by atoms with Crippen LogP contribution in [-0.2, 0) is 4.79 Å². The highest BCUT2D eigenvalue weighted by atomic mass is 35.5. The highest BCUT2D eigenvalue weighted by Gasteiger charge is 2.17. The Labute approximate surface area is 244 Å². The molecule has 0 spiro atoms. The molecule has 0 bridgehead atoms. The van der Waals surface area contributed by atoms with Crippen LogP contribution in [0, 0.1) is 11.3 Å². The second kappa shape index (κ2) is 13.5. The van der Waals surface area contributed by atoms with Gasteiger partial charge in [-0.1, -0.05) is 41.6 Å². The molecule has 0 aliphatic heterocycles. The van der Waals surface area contributed by atoms with Crippen molar-refractivity contribution in [3.63, 3.8) is 0 Å². The summed E-state index contributed by atoms with van der Waals surface area (Å²) in [6.45, 7) is 0. The van der Waals surface area contributed by atoms with Crippen molar-refractivity contribution in [3.05, 3.63) is 105 Å². The molecule has 0 aliphatic rings. The molecule has 0 aliphatic carbocycles. The number of carbonyl (C=O) groups excluding carboxylic acids is 2. The Morgan fingerprint density at radius 1 is 1.05 bits per heavy atom. The minimum Gasteiger partial charge on any atom is -0.493 e. The number of H-pyrrole nitrogens is 1. The normalized spacial score (nSPS) is 10.7. The van der Waals surface area contributed by atoms with Crippen LogP contribution in [0.15, 0.2) is 82.8 Å². The third-order valence-electron chi connectivity index (χ3n) is 5.76. The topological polar surface area (TPSA) is 134 Å². The van der Waals surface area contributed by atoms with Gasteiger partial charge in [-0.05, 0) is 66.2 Å². The number of aromatic nitrogens is 2. The molecule has 0 saturated carbocycles. The standard InChI is InChI=1S/C30H23ClN4O5S/c1-39-25-14-8-20(15-26(25)40-2)28-23(16-32)29(38)35-30(34-28)41-17-27(37)33-22-11-6-19(7-12-22)24(36)13-5-18-3-9-21(31)10-4-18/h3-15H,17H2,1-2H3,(H,33,37)(H,34,35,38)/b13-5+. The van der Waals surface area contributed by atoms with Gasteiger partial charge in [-0.15, -0.1) is 0 Å². The Hall–Kier alpha value is -4.85. The van der Waals surface area contributed by atoms with Gasteiger partial charge in [0.15, 0.2) is 22.4 Å². The summed E-state index contributed by atoms with van der Waals surface area (Å²) < 4.78 is 10.6. The van der Waals surface area contributed by atoms with Crippen molar-refractivity contribution in [2.75, 3.05) is 25.3 Å². The lowest BCUT2D eigenvalue weighted by Gasteiger charge is -2.11. The molecule has 0 unspecified atom stereocenters. The van der Waals surface area contributed by atoms with E-state index in [4.69, 9.17) is 21.1 Å². The number of rotatable bonds is 10. The number of amides is 1. The molecule has 3 aromatic carbocycles. The number of halogens is 1. The molecule has 0 saturated heterocycles. The van der Waals surface area contributed by atoms with Gasteiger partial charge in [0.2, 0.25) is 5.91 Å². The molecule has 1 amide bonds. The molecule has 1 heterocycles. The summed E-state index contributed by atoms with van der Waals surface area (Å²) in [5.74, 6) is 0.295. The van der Waals surface area contributed by atoms with Crippen LogP contribution < -0.4 is 20.3 Å². The highest BCUT2D eigenvalue weighted by Crippen LogP contribution is 2.32. The van der Waals surface area contributed by atoms with Crippen LogP contribution in [0.3, 0.4) is 0 Å². The van der Waals surface area contributed by atoms with Crippen LogP contribution in [0.5, 0.6) is 11.5 Å². The fourth-order valence-corrected chi connectivity index (χ4v) is 4.49. The molecular formula is C30H23ClN4O5S. The first-order chi connectivity index (χ1) is 19.8. The first-order valence-corrected chi connectivity index (χ1v) is 13.4. The number of allylic oxidation sites excluding steroid dienone is 1. The maximum absolute atomic E-state index is 12.6. The van der Waals surface area contributed by atoms with Crippen LogP contribution >= 0.6 is 23.4 Å². The molecule has 4 aromatic rings. The minimum absolute atomic E-state index is 0.0648. The van der Waals surface area contributed by atoms with Crippen LogP contribution in [0.4, 0.5) is 5.69 Å². The Morgan fingerprint density at radius 2 is 1.76 bits per heavy atom. The van der Waals surface area contributed by atoms with Gasteiger partial charge < -0.3 is 19.8 Å². The third kappa shape index (κ3) is 7.42. The smallest absolute Gasteiger partial charge is 0.270 e. The fourth-order valence-electron chi connectivity index (χ4n) is 3.71. The molecule has 2 N–H and O–H groups in total. The van der Waals surface area contributed by atoms with Crippen molar-refractivity contribution < 1.29 is 19.1 Å². The number of nitriles is 1. The number of hydrogen-bond acceptors (Lipinski definition) is 8. The first kappa shape index (κ1) is 29.1. The molecule has 206 valence electrons. The van der Waals surface area contributed by atoms with Crippen LogP contribution in [0.1, 0.15) is 21.5 Å². The molecule has 1 aromatic heterocycles. The summed E-state index contributed by atoms with van der Waals surface area (Å²) in [6.07, 6.45) is 3.17. The van der Waals surface area contributed by atoms with Gasteiger partial charge >= 0.3 is 0 Å². The fraction of sp³-hybridized carbons (Fsp3) is 0.100. The quantitative estimate of drug-likeness (QED) is 0.106. The number of hydrogen-bond donors (Lipinski definition) is 2. The Kier molecular flexibility index (Phi) is 9.58. The van der Waals surface area contributed by atoms with Gasteiger partial charge in [-0.2, -0.15) is 5.26 Å². The molecule has 9 nitrogen and oxygen atoms in total. The molecular weight excluding hydrogens is 564 g/mol. The summed E-state index contributed by atoms with van der Waals surface area (Å²) in [4.78, 5) is 44.6. The average Bonchev–Trinajstić information content (AvgIpc) is 2.99. The molecule has 0 fully saturated rings. The van der Waals surface area contributed by atoms with E-state index >= 15 is 0 Å². The van der Waals surface area contributed by atoms with Gasteiger partial charge in [0.25, 0.3) is 5.56 Å². The van der Waals surface area contributed by atoms with Crippen LogP contribution in [-0.4, -0.2) is 41.6 Å². The molecule has 41 heavy (non-hydrogen) atoms.